The molecule has 1 heterocycles. The van der Waals surface area contributed by atoms with Crippen molar-refractivity contribution >= 4 is 11.7 Å². The molecule has 1 saturated heterocycles. The van der Waals surface area contributed by atoms with E-state index in [-0.39, 0.29) is 12.5 Å². The van der Waals surface area contributed by atoms with Crippen LogP contribution in [0.15, 0.2) is 18.2 Å². The van der Waals surface area contributed by atoms with Crippen molar-refractivity contribution in [1.29, 1.82) is 5.26 Å². The Hall–Kier alpha value is -2.02. The zero-order valence-electron chi connectivity index (χ0n) is 11.8. The molecule has 1 aliphatic heterocycles. The lowest BCUT2D eigenvalue weighted by atomic mass is 9.96. The minimum atomic E-state index is -0.750. The number of carboxylic acid groups (broad SMARTS) is 1. The highest BCUT2D eigenvalue weighted by atomic mass is 16.4. The summed E-state index contributed by atoms with van der Waals surface area (Å²) >= 11 is 0. The van der Waals surface area contributed by atoms with Gasteiger partial charge in [0.2, 0.25) is 0 Å². The molecule has 1 fully saturated rings. The Kier molecular flexibility index (Phi) is 4.62. The number of hydrogen-bond acceptors (Lipinski definition) is 3. The van der Waals surface area contributed by atoms with Gasteiger partial charge in [0.1, 0.15) is 6.07 Å². The van der Waals surface area contributed by atoms with Gasteiger partial charge in [0, 0.05) is 19.0 Å². The van der Waals surface area contributed by atoms with E-state index < -0.39 is 5.97 Å². The summed E-state index contributed by atoms with van der Waals surface area (Å²) in [5.41, 5.74) is 2.77. The summed E-state index contributed by atoms with van der Waals surface area (Å²) < 4.78 is 0. The Balaban J connectivity index is 2.25. The number of carbonyl (C=O) groups is 1. The predicted molar refractivity (Wildman–Crippen MR) is 77.7 cm³/mol. The molecule has 20 heavy (non-hydrogen) atoms. The summed E-state index contributed by atoms with van der Waals surface area (Å²) in [6, 6.07) is 8.31. The number of anilines is 1. The summed E-state index contributed by atoms with van der Waals surface area (Å²) in [6.45, 7) is 2.92. The van der Waals surface area contributed by atoms with E-state index in [4.69, 9.17) is 5.11 Å². The summed E-state index contributed by atoms with van der Waals surface area (Å²) in [6.07, 6.45) is 4.08. The fourth-order valence-electron chi connectivity index (χ4n) is 2.88. The molecule has 1 aromatic carbocycles. The molecule has 0 spiro atoms. The Morgan fingerprint density at radius 2 is 2.30 bits per heavy atom. The van der Waals surface area contributed by atoms with Crippen LogP contribution in [0.1, 0.15) is 43.2 Å². The Morgan fingerprint density at radius 1 is 1.50 bits per heavy atom. The van der Waals surface area contributed by atoms with Crippen LogP contribution in [0.2, 0.25) is 0 Å². The number of rotatable bonds is 4. The van der Waals surface area contributed by atoms with Gasteiger partial charge < -0.3 is 10.0 Å². The van der Waals surface area contributed by atoms with E-state index >= 15 is 0 Å². The second kappa shape index (κ2) is 6.42. The van der Waals surface area contributed by atoms with Crippen molar-refractivity contribution in [3.05, 3.63) is 29.3 Å². The van der Waals surface area contributed by atoms with Crippen molar-refractivity contribution in [3.8, 4) is 6.07 Å². The Morgan fingerprint density at radius 3 is 3.00 bits per heavy atom. The summed E-state index contributed by atoms with van der Waals surface area (Å²) in [4.78, 5) is 13.0. The molecule has 1 atom stereocenters. The molecular formula is C16H20N2O2. The van der Waals surface area contributed by atoms with Crippen LogP contribution in [0, 0.1) is 18.3 Å². The quantitative estimate of drug-likeness (QED) is 0.914. The summed E-state index contributed by atoms with van der Waals surface area (Å²) in [7, 11) is 0. The van der Waals surface area contributed by atoms with Crippen LogP contribution < -0.4 is 4.90 Å². The first-order valence-corrected chi connectivity index (χ1v) is 7.11. The van der Waals surface area contributed by atoms with E-state index in [2.05, 4.69) is 11.0 Å². The largest absolute Gasteiger partial charge is 0.481 e. The third-order valence-corrected chi connectivity index (χ3v) is 3.90. The third kappa shape index (κ3) is 3.30. The SMILES string of the molecule is Cc1ccc(C#N)c(N2CCCCC2CCC(=O)O)c1. The molecule has 1 N–H and O–H groups in total. The van der Waals surface area contributed by atoms with Crippen molar-refractivity contribution in [2.45, 2.75) is 45.1 Å². The number of benzene rings is 1. The van der Waals surface area contributed by atoms with Crippen LogP contribution in [0.25, 0.3) is 0 Å². The number of hydrogen-bond donors (Lipinski definition) is 1. The number of aliphatic carboxylic acids is 1. The number of carboxylic acids is 1. The van der Waals surface area contributed by atoms with Crippen molar-refractivity contribution in [2.75, 3.05) is 11.4 Å². The van der Waals surface area contributed by atoms with Gasteiger partial charge in [-0.3, -0.25) is 4.79 Å². The Bertz CT molecular complexity index is 534. The normalized spacial score (nSPS) is 18.6. The van der Waals surface area contributed by atoms with Crippen molar-refractivity contribution < 1.29 is 9.90 Å². The maximum Gasteiger partial charge on any atom is 0.303 e. The first-order chi connectivity index (χ1) is 9.61. The van der Waals surface area contributed by atoms with Crippen LogP contribution in [-0.2, 0) is 4.79 Å². The van der Waals surface area contributed by atoms with Gasteiger partial charge in [-0.2, -0.15) is 5.26 Å². The second-order valence-electron chi connectivity index (χ2n) is 5.41. The molecule has 0 bridgehead atoms. The van der Waals surface area contributed by atoms with Crippen LogP contribution in [0.4, 0.5) is 5.69 Å². The second-order valence-corrected chi connectivity index (χ2v) is 5.41. The maximum atomic E-state index is 10.8. The number of nitrogens with zero attached hydrogens (tertiary/aromatic N) is 2. The molecule has 2 rings (SSSR count). The molecular weight excluding hydrogens is 252 g/mol. The van der Waals surface area contributed by atoms with Gasteiger partial charge in [-0.15, -0.1) is 0 Å². The van der Waals surface area contributed by atoms with Crippen LogP contribution >= 0.6 is 0 Å². The monoisotopic (exact) mass is 272 g/mol. The fourth-order valence-corrected chi connectivity index (χ4v) is 2.88. The number of aryl methyl sites for hydroxylation is 1. The average Bonchev–Trinajstić information content (AvgIpc) is 2.45. The van der Waals surface area contributed by atoms with Gasteiger partial charge >= 0.3 is 5.97 Å². The highest BCUT2D eigenvalue weighted by Crippen LogP contribution is 2.30. The highest BCUT2D eigenvalue weighted by molar-refractivity contribution is 5.67. The fraction of sp³-hybridized carbons (Fsp3) is 0.500. The van der Waals surface area contributed by atoms with Crippen LogP contribution in [0.5, 0.6) is 0 Å². The third-order valence-electron chi connectivity index (χ3n) is 3.90. The highest BCUT2D eigenvalue weighted by Gasteiger charge is 2.25. The molecule has 0 radical (unpaired) electrons. The van der Waals surface area contributed by atoms with Gasteiger partial charge in [-0.05, 0) is 50.3 Å². The molecule has 0 aromatic heterocycles. The van der Waals surface area contributed by atoms with Crippen LogP contribution in [0.3, 0.4) is 0 Å². The lowest BCUT2D eigenvalue weighted by Crippen LogP contribution is -2.40. The zero-order valence-corrected chi connectivity index (χ0v) is 11.8. The van der Waals surface area contributed by atoms with E-state index in [1.807, 2.05) is 25.1 Å². The van der Waals surface area contributed by atoms with E-state index in [1.165, 1.54) is 0 Å². The maximum absolute atomic E-state index is 10.8. The van der Waals surface area contributed by atoms with Gasteiger partial charge in [-0.1, -0.05) is 6.07 Å². The van der Waals surface area contributed by atoms with Gasteiger partial charge in [0.15, 0.2) is 0 Å². The minimum Gasteiger partial charge on any atom is -0.481 e. The van der Waals surface area contributed by atoms with Crippen molar-refractivity contribution in [2.24, 2.45) is 0 Å². The summed E-state index contributed by atoms with van der Waals surface area (Å²) in [5, 5.41) is 18.1. The Labute approximate surface area is 119 Å². The summed E-state index contributed by atoms with van der Waals surface area (Å²) in [5.74, 6) is -0.750. The van der Waals surface area contributed by atoms with E-state index in [9.17, 15) is 10.1 Å². The molecule has 106 valence electrons. The molecule has 1 aliphatic rings. The smallest absolute Gasteiger partial charge is 0.303 e. The molecule has 0 saturated carbocycles. The number of piperidine rings is 1. The van der Waals surface area contributed by atoms with Gasteiger partial charge in [0.25, 0.3) is 0 Å². The molecule has 4 nitrogen and oxygen atoms in total. The zero-order chi connectivity index (χ0) is 14.5. The minimum absolute atomic E-state index is 0.189. The first-order valence-electron chi connectivity index (χ1n) is 7.11. The molecule has 0 aliphatic carbocycles. The molecule has 0 amide bonds. The van der Waals surface area contributed by atoms with E-state index in [0.717, 1.165) is 37.1 Å². The molecule has 1 unspecified atom stereocenters. The molecule has 4 heteroatoms. The van der Waals surface area contributed by atoms with Gasteiger partial charge in [0.05, 0.1) is 11.3 Å². The topological polar surface area (TPSA) is 64.3 Å². The number of nitriles is 1. The van der Waals surface area contributed by atoms with Crippen LogP contribution in [-0.4, -0.2) is 23.7 Å². The van der Waals surface area contributed by atoms with Gasteiger partial charge in [-0.25, -0.2) is 0 Å². The van der Waals surface area contributed by atoms with E-state index in [0.29, 0.717) is 12.0 Å². The lowest BCUT2D eigenvalue weighted by molar-refractivity contribution is -0.137. The average molecular weight is 272 g/mol. The van der Waals surface area contributed by atoms with Crippen molar-refractivity contribution in [3.63, 3.8) is 0 Å². The van der Waals surface area contributed by atoms with Crippen molar-refractivity contribution in [1.82, 2.24) is 0 Å². The predicted octanol–water partition coefficient (Wildman–Crippen LogP) is 3.09. The van der Waals surface area contributed by atoms with E-state index in [1.54, 1.807) is 0 Å². The lowest BCUT2D eigenvalue weighted by Gasteiger charge is -2.38. The molecule has 1 aromatic rings. The standard InChI is InChI=1S/C16H20N2O2/c1-12-5-6-13(11-17)15(10-12)18-9-3-2-4-14(18)7-8-16(19)20/h5-6,10,14H,2-4,7-9H2,1H3,(H,19,20). The first kappa shape index (κ1) is 14.4.